The van der Waals surface area contributed by atoms with Crippen LogP contribution in [0.25, 0.3) is 10.9 Å². The Morgan fingerprint density at radius 2 is 2.07 bits per heavy atom. The Hall–Kier alpha value is -2.53. The van der Waals surface area contributed by atoms with E-state index in [-0.39, 0.29) is 21.5 Å². The maximum Gasteiger partial charge on any atom is 0.274 e. The number of benzene rings is 2. The highest BCUT2D eigenvalue weighted by Gasteiger charge is 2.23. The van der Waals surface area contributed by atoms with Gasteiger partial charge in [0.05, 0.1) is 15.4 Å². The van der Waals surface area contributed by atoms with Gasteiger partial charge in [-0.3, -0.25) is 9.48 Å². The molecule has 0 saturated carbocycles. The number of carbonyl (C=O) groups excluding carboxylic acids is 1. The summed E-state index contributed by atoms with van der Waals surface area (Å²) in [4.78, 5) is 12.8. The molecule has 4 rings (SSSR count). The Kier molecular flexibility index (Phi) is 5.49. The number of fused-ring (bicyclic) bond motifs is 1. The number of hydrogen-bond acceptors (Lipinski definition) is 5. The monoisotopic (exact) mass is 451 g/mol. The molecule has 0 spiro atoms. The van der Waals surface area contributed by atoms with Crippen molar-refractivity contribution in [1.29, 1.82) is 0 Å². The van der Waals surface area contributed by atoms with Gasteiger partial charge in [0.2, 0.25) is 10.0 Å². The molecule has 2 aromatic carbocycles. The number of rotatable bonds is 6. The molecule has 158 valence electrons. The average molecular weight is 452 g/mol. The number of halogens is 2. The van der Waals surface area contributed by atoms with Crippen LogP contribution in [0.3, 0.4) is 0 Å². The fraction of sp³-hybridized carbons (Fsp3) is 0.263. The molecule has 0 bridgehead atoms. The number of hydrogen-bond donors (Lipinski definition) is 3. The molecule has 1 aromatic heterocycles. The number of nitrogens with one attached hydrogen (secondary N) is 3. The minimum atomic E-state index is -3.68. The van der Waals surface area contributed by atoms with Crippen molar-refractivity contribution in [1.82, 2.24) is 19.8 Å². The van der Waals surface area contributed by atoms with Crippen LogP contribution in [-0.2, 0) is 17.1 Å². The first kappa shape index (κ1) is 20.7. The first-order chi connectivity index (χ1) is 14.2. The van der Waals surface area contributed by atoms with Crippen molar-refractivity contribution in [3.63, 3.8) is 0 Å². The number of aryl methyl sites for hydroxylation is 1. The third-order valence-electron chi connectivity index (χ3n) is 4.94. The average Bonchev–Trinajstić information content (AvgIpc) is 2.98. The lowest BCUT2D eigenvalue weighted by molar-refractivity contribution is 0.101. The highest BCUT2D eigenvalue weighted by molar-refractivity contribution is 7.89. The normalized spacial score (nSPS) is 14.6. The molecule has 3 N–H and O–H groups in total. The van der Waals surface area contributed by atoms with Gasteiger partial charge in [0.15, 0.2) is 0 Å². The van der Waals surface area contributed by atoms with Gasteiger partial charge in [-0.2, -0.15) is 5.10 Å². The van der Waals surface area contributed by atoms with E-state index < -0.39 is 21.7 Å². The van der Waals surface area contributed by atoms with Gasteiger partial charge in [0.25, 0.3) is 5.91 Å². The van der Waals surface area contributed by atoms with E-state index in [4.69, 9.17) is 11.6 Å². The third kappa shape index (κ3) is 4.04. The van der Waals surface area contributed by atoms with Crippen LogP contribution < -0.4 is 15.4 Å². The first-order valence-electron chi connectivity index (χ1n) is 9.18. The number of carbonyl (C=O) groups is 1. The maximum absolute atomic E-state index is 13.3. The Morgan fingerprint density at radius 1 is 1.30 bits per heavy atom. The number of aromatic nitrogens is 2. The van der Waals surface area contributed by atoms with E-state index >= 15 is 0 Å². The topological polar surface area (TPSA) is 105 Å². The van der Waals surface area contributed by atoms with Crippen molar-refractivity contribution < 1.29 is 17.6 Å². The van der Waals surface area contributed by atoms with E-state index in [1.54, 1.807) is 13.1 Å². The molecule has 1 amide bonds. The predicted octanol–water partition coefficient (Wildman–Crippen LogP) is 2.12. The summed E-state index contributed by atoms with van der Waals surface area (Å²) in [5.74, 6) is -0.779. The molecule has 0 radical (unpaired) electrons. The van der Waals surface area contributed by atoms with Crippen molar-refractivity contribution >= 4 is 44.1 Å². The summed E-state index contributed by atoms with van der Waals surface area (Å²) in [5.41, 5.74) is 0.936. The van der Waals surface area contributed by atoms with E-state index in [9.17, 15) is 17.6 Å². The van der Waals surface area contributed by atoms with E-state index in [1.807, 2.05) is 0 Å². The molecule has 1 saturated heterocycles. The van der Waals surface area contributed by atoms with Gasteiger partial charge in [0.1, 0.15) is 11.5 Å². The van der Waals surface area contributed by atoms with Crippen LogP contribution >= 0.6 is 11.6 Å². The molecule has 2 heterocycles. The molecule has 1 aliphatic heterocycles. The second-order valence-corrected chi connectivity index (χ2v) is 9.28. The van der Waals surface area contributed by atoms with E-state index in [2.05, 4.69) is 20.5 Å². The Bertz CT molecular complexity index is 1240. The maximum atomic E-state index is 13.3. The second kappa shape index (κ2) is 7.95. The van der Waals surface area contributed by atoms with Gasteiger partial charge >= 0.3 is 0 Å². The smallest absolute Gasteiger partial charge is 0.274 e. The van der Waals surface area contributed by atoms with Crippen LogP contribution in [0.5, 0.6) is 0 Å². The molecule has 0 atom stereocenters. The minimum Gasteiger partial charge on any atom is -0.321 e. The number of amides is 1. The van der Waals surface area contributed by atoms with Gasteiger partial charge in [-0.15, -0.1) is 0 Å². The van der Waals surface area contributed by atoms with Gasteiger partial charge in [0, 0.05) is 37.8 Å². The summed E-state index contributed by atoms with van der Waals surface area (Å²) in [6.45, 7) is 1.95. The summed E-state index contributed by atoms with van der Waals surface area (Å²) in [6, 6.07) is 8.28. The summed E-state index contributed by atoms with van der Waals surface area (Å²) in [7, 11) is -2.10. The SMILES string of the molecule is Cn1nc2cc(S(=O)(=O)NCC3CNC3)ccc2c1C(=O)Nc1ccc(F)c(Cl)c1. The fourth-order valence-corrected chi connectivity index (χ4v) is 4.50. The predicted molar refractivity (Wildman–Crippen MR) is 112 cm³/mol. The molecule has 8 nitrogen and oxygen atoms in total. The second-order valence-electron chi connectivity index (χ2n) is 7.11. The van der Waals surface area contributed by atoms with Crippen molar-refractivity contribution in [3.8, 4) is 0 Å². The molecular weight excluding hydrogens is 433 g/mol. The molecule has 30 heavy (non-hydrogen) atoms. The van der Waals surface area contributed by atoms with Crippen molar-refractivity contribution in [2.45, 2.75) is 4.90 Å². The lowest BCUT2D eigenvalue weighted by atomic mass is 10.1. The van der Waals surface area contributed by atoms with E-state index in [0.29, 0.717) is 23.1 Å². The number of sulfonamides is 1. The zero-order valence-corrected chi connectivity index (χ0v) is 17.5. The van der Waals surface area contributed by atoms with Gasteiger partial charge in [-0.1, -0.05) is 11.6 Å². The van der Waals surface area contributed by atoms with Crippen LogP contribution in [0, 0.1) is 11.7 Å². The molecule has 0 aliphatic carbocycles. The largest absolute Gasteiger partial charge is 0.321 e. The zero-order valence-electron chi connectivity index (χ0n) is 15.9. The summed E-state index contributed by atoms with van der Waals surface area (Å²) >= 11 is 5.76. The van der Waals surface area contributed by atoms with Crippen molar-refractivity contribution in [2.24, 2.45) is 13.0 Å². The molecule has 0 unspecified atom stereocenters. The zero-order chi connectivity index (χ0) is 21.5. The lowest BCUT2D eigenvalue weighted by Gasteiger charge is -2.26. The third-order valence-corrected chi connectivity index (χ3v) is 6.65. The molecular formula is C19H19ClFN5O3S. The van der Waals surface area contributed by atoms with Crippen LogP contribution in [-0.4, -0.2) is 43.7 Å². The van der Waals surface area contributed by atoms with Crippen LogP contribution in [0.2, 0.25) is 5.02 Å². The van der Waals surface area contributed by atoms with Gasteiger partial charge in [-0.25, -0.2) is 17.5 Å². The quantitative estimate of drug-likeness (QED) is 0.532. The highest BCUT2D eigenvalue weighted by atomic mass is 35.5. The standard InChI is InChI=1S/C19H19ClFN5O3S/c1-26-18(19(27)24-12-2-5-16(21)15(20)6-12)14-4-3-13(7-17(14)25-26)30(28,29)23-10-11-8-22-9-11/h2-7,11,22-23H,8-10H2,1H3,(H,24,27). The fourth-order valence-electron chi connectivity index (χ4n) is 3.18. The Labute approximate surface area is 177 Å². The van der Waals surface area contributed by atoms with Crippen LogP contribution in [0.4, 0.5) is 10.1 Å². The summed E-state index contributed by atoms with van der Waals surface area (Å²) in [5, 5.41) is 10.4. The molecule has 1 aliphatic rings. The number of anilines is 1. The van der Waals surface area contributed by atoms with E-state index in [1.165, 1.54) is 28.9 Å². The molecule has 3 aromatic rings. The van der Waals surface area contributed by atoms with Gasteiger partial charge in [-0.05, 0) is 42.3 Å². The minimum absolute atomic E-state index is 0.0812. The van der Waals surface area contributed by atoms with Crippen molar-refractivity contribution in [3.05, 3.63) is 52.9 Å². The highest BCUT2D eigenvalue weighted by Crippen LogP contribution is 2.24. The number of nitrogens with zero attached hydrogens (tertiary/aromatic N) is 2. The van der Waals surface area contributed by atoms with Gasteiger partial charge < -0.3 is 10.6 Å². The Balaban J connectivity index is 1.59. The molecule has 11 heteroatoms. The molecule has 1 fully saturated rings. The van der Waals surface area contributed by atoms with Crippen LogP contribution in [0.15, 0.2) is 41.3 Å². The Morgan fingerprint density at radius 3 is 2.73 bits per heavy atom. The summed E-state index contributed by atoms with van der Waals surface area (Å²) < 4.78 is 42.4. The summed E-state index contributed by atoms with van der Waals surface area (Å²) in [6.07, 6.45) is 0. The van der Waals surface area contributed by atoms with E-state index in [0.717, 1.165) is 19.2 Å². The lowest BCUT2D eigenvalue weighted by Crippen LogP contribution is -2.48. The van der Waals surface area contributed by atoms with Crippen molar-refractivity contribution in [2.75, 3.05) is 25.0 Å². The first-order valence-corrected chi connectivity index (χ1v) is 11.0. The van der Waals surface area contributed by atoms with Crippen LogP contribution in [0.1, 0.15) is 10.5 Å².